The van der Waals surface area contributed by atoms with Crippen molar-refractivity contribution in [2.24, 2.45) is 0 Å². The third-order valence-electron chi connectivity index (χ3n) is 19.0. The van der Waals surface area contributed by atoms with Gasteiger partial charge in [-0.25, -0.2) is 29.9 Å². The summed E-state index contributed by atoms with van der Waals surface area (Å²) in [5.74, 6) is 3.31. The fraction of sp³-hybridized carbons (Fsp3) is 0. The van der Waals surface area contributed by atoms with Crippen LogP contribution in [0.15, 0.2) is 312 Å². The summed E-state index contributed by atoms with van der Waals surface area (Å²) in [4.78, 5) is 31.0. The van der Waals surface area contributed by atoms with Crippen molar-refractivity contribution in [2.75, 3.05) is 0 Å². The Morgan fingerprint density at radius 2 is 0.615 bits per heavy atom. The van der Waals surface area contributed by atoms with Gasteiger partial charge in [-0.05, 0) is 105 Å². The average Bonchev–Trinajstić information content (AvgIpc) is 1.57. The molecule has 0 bridgehead atoms. The minimum absolute atomic E-state index is 0.535. The Hall–Kier alpha value is -13.2. The van der Waals surface area contributed by atoms with E-state index in [9.17, 15) is 0 Å². The smallest absolute Gasteiger partial charge is 0.164 e. The van der Waals surface area contributed by atoms with E-state index >= 15 is 0 Å². The van der Waals surface area contributed by atoms with Crippen molar-refractivity contribution in [1.82, 2.24) is 39.0 Å². The predicted octanol–water partition coefficient (Wildman–Crippen LogP) is 22.0. The summed E-state index contributed by atoms with van der Waals surface area (Å²) in [5.41, 5.74) is 16.6. The highest BCUT2D eigenvalue weighted by Crippen LogP contribution is 2.44. The maximum absolute atomic E-state index is 6.99. The van der Waals surface area contributed by atoms with Crippen LogP contribution in [-0.4, -0.2) is 39.0 Å². The van der Waals surface area contributed by atoms with Gasteiger partial charge in [0, 0.05) is 76.5 Å². The van der Waals surface area contributed by atoms with E-state index in [-0.39, 0.29) is 0 Å². The molecule has 96 heavy (non-hydrogen) atoms. The Morgan fingerprint density at radius 3 is 1.21 bits per heavy atom. The van der Waals surface area contributed by atoms with Crippen molar-refractivity contribution in [3.63, 3.8) is 0 Å². The first-order valence-corrected chi connectivity index (χ1v) is 32.1. The van der Waals surface area contributed by atoms with Gasteiger partial charge in [0.05, 0.1) is 33.4 Å². The fourth-order valence-corrected chi connectivity index (χ4v) is 14.5. The minimum Gasteiger partial charge on any atom is -0.454 e. The molecule has 14 aromatic carbocycles. The summed E-state index contributed by atoms with van der Waals surface area (Å²) in [7, 11) is 0. The molecular formula is C86H50N8O2. The van der Waals surface area contributed by atoms with E-state index < -0.39 is 0 Å². The zero-order valence-corrected chi connectivity index (χ0v) is 51.3. The molecule has 0 saturated carbocycles. The lowest BCUT2D eigenvalue weighted by atomic mass is 10.0. The van der Waals surface area contributed by atoms with Crippen LogP contribution in [0.5, 0.6) is 0 Å². The van der Waals surface area contributed by atoms with Crippen molar-refractivity contribution in [3.05, 3.63) is 303 Å². The van der Waals surface area contributed by atoms with Crippen molar-refractivity contribution < 1.29 is 8.83 Å². The van der Waals surface area contributed by atoms with Crippen LogP contribution in [0.2, 0.25) is 0 Å². The molecule has 0 N–H and O–H groups in total. The SMILES string of the molecule is c1ccc(-c2nc(-c3ccc(-c4cccc(-c5nc(-c6ccccc6)nc(-c6ccc7c(c6)oc6c(-n8c9ccccc9c9c%10ccccc%10ccc98)cccc67)n5)c4)cc3)nc(-c3ccc4c(c3)oc3c(-n5c6ccccc6c6cc7ccccc7cc65)cccc34)n2)cc1. The summed E-state index contributed by atoms with van der Waals surface area (Å²) in [5, 5.41) is 13.7. The third kappa shape index (κ3) is 8.52. The van der Waals surface area contributed by atoms with Gasteiger partial charge in [0.25, 0.3) is 0 Å². The van der Waals surface area contributed by atoms with Crippen molar-refractivity contribution in [3.8, 4) is 90.8 Å². The first kappa shape index (κ1) is 53.5. The minimum atomic E-state index is 0.535. The second-order valence-electron chi connectivity index (χ2n) is 24.5. The van der Waals surface area contributed by atoms with Crippen LogP contribution in [0.1, 0.15) is 0 Å². The van der Waals surface area contributed by atoms with Gasteiger partial charge in [0.15, 0.2) is 46.1 Å². The van der Waals surface area contributed by atoms with Crippen LogP contribution in [0.4, 0.5) is 0 Å². The largest absolute Gasteiger partial charge is 0.454 e. The fourth-order valence-electron chi connectivity index (χ4n) is 14.5. The number of rotatable bonds is 9. The molecule has 0 fully saturated rings. The second-order valence-corrected chi connectivity index (χ2v) is 24.5. The lowest BCUT2D eigenvalue weighted by Gasteiger charge is -2.11. The molecule has 0 aliphatic rings. The predicted molar refractivity (Wildman–Crippen MR) is 390 cm³/mol. The average molecular weight is 1230 g/mol. The topological polar surface area (TPSA) is 113 Å². The molecule has 0 unspecified atom stereocenters. The molecule has 6 aromatic heterocycles. The number of fused-ring (bicyclic) bond motifs is 15. The Bertz CT molecular complexity index is 6580. The van der Waals surface area contributed by atoms with Crippen LogP contribution in [-0.2, 0) is 0 Å². The monoisotopic (exact) mass is 1230 g/mol. The van der Waals surface area contributed by atoms with Crippen LogP contribution < -0.4 is 0 Å². The van der Waals surface area contributed by atoms with E-state index in [0.29, 0.717) is 34.9 Å². The molecule has 20 rings (SSSR count). The first-order valence-electron chi connectivity index (χ1n) is 32.1. The van der Waals surface area contributed by atoms with Crippen molar-refractivity contribution in [1.29, 1.82) is 0 Å². The van der Waals surface area contributed by atoms with Gasteiger partial charge in [-0.1, -0.05) is 231 Å². The van der Waals surface area contributed by atoms with Crippen molar-refractivity contribution in [2.45, 2.75) is 0 Å². The molecule has 0 radical (unpaired) electrons. The van der Waals surface area contributed by atoms with Crippen LogP contribution >= 0.6 is 0 Å². The Labute approximate surface area is 548 Å². The number of aromatic nitrogens is 8. The van der Waals surface area contributed by atoms with Gasteiger partial charge in [-0.2, -0.15) is 0 Å². The van der Waals surface area contributed by atoms with Crippen LogP contribution in [0.25, 0.3) is 200 Å². The summed E-state index contributed by atoms with van der Waals surface area (Å²) >= 11 is 0. The molecule has 10 nitrogen and oxygen atoms in total. The highest BCUT2D eigenvalue weighted by Gasteiger charge is 2.23. The summed E-state index contributed by atoms with van der Waals surface area (Å²) in [6.07, 6.45) is 0. The van der Waals surface area contributed by atoms with Gasteiger partial charge in [-0.3, -0.25) is 0 Å². The summed E-state index contributed by atoms with van der Waals surface area (Å²) < 4.78 is 18.7. The Kier molecular flexibility index (Phi) is 11.8. The molecule has 0 atom stereocenters. The first-order chi connectivity index (χ1) is 47.5. The normalized spacial score (nSPS) is 12.0. The Morgan fingerprint density at radius 1 is 0.208 bits per heavy atom. The summed E-state index contributed by atoms with van der Waals surface area (Å²) in [6.45, 7) is 0. The lowest BCUT2D eigenvalue weighted by Crippen LogP contribution is -2.00. The van der Waals surface area contributed by atoms with E-state index in [1.165, 1.54) is 43.1 Å². The highest BCUT2D eigenvalue weighted by atomic mass is 16.3. The van der Waals surface area contributed by atoms with Gasteiger partial charge in [-0.15, -0.1) is 0 Å². The zero-order chi connectivity index (χ0) is 63.0. The molecule has 10 heteroatoms. The molecular weight excluding hydrogens is 1180 g/mol. The molecule has 0 spiro atoms. The second kappa shape index (κ2) is 21.2. The van der Waals surface area contributed by atoms with Crippen molar-refractivity contribution >= 4 is 109 Å². The van der Waals surface area contributed by atoms with E-state index in [0.717, 1.165) is 122 Å². The number of para-hydroxylation sites is 4. The number of benzene rings is 14. The number of hydrogen-bond acceptors (Lipinski definition) is 8. The van der Waals surface area contributed by atoms with Gasteiger partial charge >= 0.3 is 0 Å². The summed E-state index contributed by atoms with van der Waals surface area (Å²) in [6, 6.07) is 106. The van der Waals surface area contributed by atoms with Gasteiger partial charge in [0.2, 0.25) is 0 Å². The molecule has 0 aliphatic heterocycles. The maximum atomic E-state index is 6.99. The van der Waals surface area contributed by atoms with E-state index in [2.05, 4.69) is 252 Å². The van der Waals surface area contributed by atoms with Gasteiger partial charge in [0.1, 0.15) is 11.2 Å². The molecule has 446 valence electrons. The third-order valence-corrected chi connectivity index (χ3v) is 19.0. The molecule has 0 saturated heterocycles. The molecule has 20 aromatic rings. The molecule has 0 aliphatic carbocycles. The van der Waals surface area contributed by atoms with E-state index in [4.69, 9.17) is 38.7 Å². The molecule has 6 heterocycles. The number of hydrogen-bond donors (Lipinski definition) is 0. The van der Waals surface area contributed by atoms with E-state index in [1.54, 1.807) is 0 Å². The maximum Gasteiger partial charge on any atom is 0.164 e. The van der Waals surface area contributed by atoms with E-state index in [1.807, 2.05) is 60.7 Å². The standard InChI is InChI=1S/C86H50N8O2/c1-3-19-53(20-4-1)81-87-83(91-85(89-81)60-40-43-65-67-31-17-35-74(80(67)96-77(65)49-60)94-70-32-13-11-28-63(70)69-47-57-23-7-8-24-58(57)48-75(69)94)55-38-36-51(37-39-55)56-25-15-26-59(46-56)84-88-82(54-21-5-2-6-22-54)90-86(92-84)61-41-44-64-66-30-16-34-73(79(66)95-76(64)50-61)93-71-33-14-12-29-68(71)78-62-27-10-9-18-52(62)42-45-72(78)93/h1-50H. The lowest BCUT2D eigenvalue weighted by molar-refractivity contribution is 0.666. The van der Waals surface area contributed by atoms with Crippen LogP contribution in [0, 0.1) is 0 Å². The Balaban J connectivity index is 0.648. The molecule has 0 amide bonds. The number of nitrogens with zero attached hydrogens (tertiary/aromatic N) is 8. The van der Waals surface area contributed by atoms with Gasteiger partial charge < -0.3 is 18.0 Å². The highest BCUT2D eigenvalue weighted by molar-refractivity contribution is 6.22. The van der Waals surface area contributed by atoms with Crippen LogP contribution in [0.3, 0.4) is 0 Å². The quantitative estimate of drug-likeness (QED) is 0.140. The number of furan rings is 2. The zero-order valence-electron chi connectivity index (χ0n) is 51.3.